The van der Waals surface area contributed by atoms with Gasteiger partial charge in [-0.1, -0.05) is 29.8 Å². The van der Waals surface area contributed by atoms with Crippen LogP contribution in [-0.4, -0.2) is 71.3 Å². The van der Waals surface area contributed by atoms with Gasteiger partial charge in [-0.2, -0.15) is 0 Å². The molecular weight excluding hydrogens is 570 g/mol. The average molecular weight is 608 g/mol. The van der Waals surface area contributed by atoms with Gasteiger partial charge in [0.25, 0.3) is 0 Å². The number of piperazine rings is 1. The molecule has 228 valence electrons. The van der Waals surface area contributed by atoms with Crippen molar-refractivity contribution >= 4 is 34.8 Å². The number of benzene rings is 3. The number of anilines is 2. The molecule has 2 aliphatic heterocycles. The van der Waals surface area contributed by atoms with Crippen LogP contribution in [0.3, 0.4) is 0 Å². The van der Waals surface area contributed by atoms with E-state index in [0.29, 0.717) is 66.3 Å². The van der Waals surface area contributed by atoms with Crippen molar-refractivity contribution in [1.82, 2.24) is 4.90 Å². The zero-order valence-electron chi connectivity index (χ0n) is 25.3. The fourth-order valence-corrected chi connectivity index (χ4v) is 6.34. The van der Waals surface area contributed by atoms with Crippen LogP contribution in [0.1, 0.15) is 30.0 Å². The minimum atomic E-state index is -0.546. The minimum Gasteiger partial charge on any atom is -0.497 e. The molecule has 0 aromatic heterocycles. The molecule has 43 heavy (non-hydrogen) atoms. The number of hydrogen-bond donors (Lipinski definition) is 0. The molecule has 10 heteroatoms. The Hall–Kier alpha value is -4.11. The summed E-state index contributed by atoms with van der Waals surface area (Å²) >= 11 is 6.29. The van der Waals surface area contributed by atoms with Crippen LogP contribution in [0.15, 0.2) is 54.6 Å². The molecule has 3 aromatic carbocycles. The van der Waals surface area contributed by atoms with E-state index in [9.17, 15) is 9.59 Å². The Kier molecular flexibility index (Phi) is 9.20. The summed E-state index contributed by atoms with van der Waals surface area (Å²) in [6, 6.07) is 16.4. The SMILES string of the molecule is COc1ccc([C@@H]2[C@H](C(=O)N3CCN(c4cc(Cl)ccc4C)CC3)CCC(=O)N2c2cc(OC)c(OC)c(OC)c2)cc1. The highest BCUT2D eigenvalue weighted by molar-refractivity contribution is 6.30. The molecule has 2 aliphatic rings. The lowest BCUT2D eigenvalue weighted by molar-refractivity contribution is -0.138. The number of amides is 2. The molecule has 0 aliphatic carbocycles. The van der Waals surface area contributed by atoms with Gasteiger partial charge in [0.2, 0.25) is 17.6 Å². The summed E-state index contributed by atoms with van der Waals surface area (Å²) in [5, 5.41) is 0.695. The summed E-state index contributed by atoms with van der Waals surface area (Å²) in [4.78, 5) is 33.9. The Morgan fingerprint density at radius 1 is 0.837 bits per heavy atom. The van der Waals surface area contributed by atoms with Crippen LogP contribution in [0.25, 0.3) is 0 Å². The highest BCUT2D eigenvalue weighted by Gasteiger charge is 2.44. The van der Waals surface area contributed by atoms with E-state index >= 15 is 0 Å². The number of carbonyl (C=O) groups excluding carboxylic acids is 2. The van der Waals surface area contributed by atoms with Crippen molar-refractivity contribution < 1.29 is 28.5 Å². The smallest absolute Gasteiger partial charge is 0.228 e. The molecule has 5 rings (SSSR count). The van der Waals surface area contributed by atoms with Crippen LogP contribution < -0.4 is 28.7 Å². The van der Waals surface area contributed by atoms with Crippen molar-refractivity contribution in [3.8, 4) is 23.0 Å². The van der Waals surface area contributed by atoms with E-state index in [2.05, 4.69) is 11.8 Å². The zero-order chi connectivity index (χ0) is 30.7. The number of hydrogen-bond acceptors (Lipinski definition) is 7. The fraction of sp³-hybridized carbons (Fsp3) is 0.394. The summed E-state index contributed by atoms with van der Waals surface area (Å²) in [5.41, 5.74) is 3.65. The van der Waals surface area contributed by atoms with E-state index in [1.165, 1.54) is 21.3 Å². The van der Waals surface area contributed by atoms with Gasteiger partial charge in [-0.25, -0.2) is 0 Å². The standard InChI is InChI=1S/C33H38ClN3O6/c1-21-6-9-23(34)18-27(21)35-14-16-36(17-15-35)33(39)26-12-13-30(38)37(31(26)22-7-10-25(40-2)11-8-22)24-19-28(41-3)32(43-5)29(20-24)42-4/h6-11,18-20,26,31H,12-17H2,1-5H3/t26-,31-/m1/s1. The molecule has 0 saturated carbocycles. The second-order valence-corrected chi connectivity index (χ2v) is 11.2. The number of ether oxygens (including phenoxy) is 4. The fourth-order valence-electron chi connectivity index (χ4n) is 6.17. The highest BCUT2D eigenvalue weighted by atomic mass is 35.5. The maximum atomic E-state index is 14.3. The van der Waals surface area contributed by atoms with Crippen LogP contribution in [0.5, 0.6) is 23.0 Å². The zero-order valence-corrected chi connectivity index (χ0v) is 26.0. The molecule has 2 amide bonds. The Morgan fingerprint density at radius 3 is 2.07 bits per heavy atom. The van der Waals surface area contributed by atoms with Gasteiger partial charge in [0.15, 0.2) is 11.5 Å². The van der Waals surface area contributed by atoms with Crippen molar-refractivity contribution in [2.24, 2.45) is 5.92 Å². The average Bonchev–Trinajstić information content (AvgIpc) is 3.04. The number of aryl methyl sites for hydroxylation is 1. The van der Waals surface area contributed by atoms with Gasteiger partial charge in [0.1, 0.15) is 5.75 Å². The third kappa shape index (κ3) is 6.04. The lowest BCUT2D eigenvalue weighted by atomic mass is 9.82. The Morgan fingerprint density at radius 2 is 1.49 bits per heavy atom. The highest BCUT2D eigenvalue weighted by Crippen LogP contribution is 2.46. The quantitative estimate of drug-likeness (QED) is 0.334. The molecular formula is C33H38ClN3O6. The molecule has 3 aromatic rings. The van der Waals surface area contributed by atoms with Gasteiger partial charge in [-0.15, -0.1) is 0 Å². The Bertz CT molecular complexity index is 1450. The summed E-state index contributed by atoms with van der Waals surface area (Å²) in [6.07, 6.45) is 0.685. The molecule has 2 saturated heterocycles. The lowest BCUT2D eigenvalue weighted by Gasteiger charge is -2.44. The number of halogens is 1. The van der Waals surface area contributed by atoms with Crippen molar-refractivity contribution in [1.29, 1.82) is 0 Å². The van der Waals surface area contributed by atoms with Crippen LogP contribution >= 0.6 is 11.6 Å². The predicted molar refractivity (Wildman–Crippen MR) is 167 cm³/mol. The number of nitrogens with zero attached hydrogens (tertiary/aromatic N) is 3. The van der Waals surface area contributed by atoms with Crippen LogP contribution in [-0.2, 0) is 9.59 Å². The molecule has 0 N–H and O–H groups in total. The first-order valence-corrected chi connectivity index (χ1v) is 14.7. The predicted octanol–water partition coefficient (Wildman–Crippen LogP) is 5.52. The van der Waals surface area contributed by atoms with E-state index in [0.717, 1.165) is 16.8 Å². The summed E-state index contributed by atoms with van der Waals surface area (Å²) in [6.45, 7) is 4.62. The van der Waals surface area contributed by atoms with Crippen molar-refractivity contribution in [3.63, 3.8) is 0 Å². The number of carbonyl (C=O) groups is 2. The first-order valence-electron chi connectivity index (χ1n) is 14.4. The van der Waals surface area contributed by atoms with Crippen LogP contribution in [0.4, 0.5) is 11.4 Å². The molecule has 0 radical (unpaired) electrons. The van der Waals surface area contributed by atoms with Crippen LogP contribution in [0.2, 0.25) is 5.02 Å². The molecule has 9 nitrogen and oxygen atoms in total. The normalized spacial score (nSPS) is 18.8. The van der Waals surface area contributed by atoms with E-state index < -0.39 is 12.0 Å². The number of piperidine rings is 1. The van der Waals surface area contributed by atoms with Crippen molar-refractivity contribution in [2.45, 2.75) is 25.8 Å². The van der Waals surface area contributed by atoms with Gasteiger partial charge in [0.05, 0.1) is 46.1 Å². The molecule has 2 heterocycles. The third-order valence-corrected chi connectivity index (χ3v) is 8.64. The van der Waals surface area contributed by atoms with Gasteiger partial charge >= 0.3 is 0 Å². The van der Waals surface area contributed by atoms with Gasteiger partial charge in [-0.3, -0.25) is 9.59 Å². The first kappa shape index (κ1) is 30.4. The molecule has 2 fully saturated rings. The Balaban J connectivity index is 1.49. The van der Waals surface area contributed by atoms with E-state index in [-0.39, 0.29) is 18.2 Å². The van der Waals surface area contributed by atoms with Crippen LogP contribution in [0, 0.1) is 12.8 Å². The minimum absolute atomic E-state index is 0.0354. The molecule has 0 spiro atoms. The van der Waals surface area contributed by atoms with E-state index in [1.807, 2.05) is 47.4 Å². The van der Waals surface area contributed by atoms with Gasteiger partial charge in [-0.05, 0) is 48.7 Å². The van der Waals surface area contributed by atoms with E-state index in [4.69, 9.17) is 30.5 Å². The topological polar surface area (TPSA) is 80.8 Å². The number of methoxy groups -OCH3 is 4. The summed E-state index contributed by atoms with van der Waals surface area (Å²) in [7, 11) is 6.22. The second-order valence-electron chi connectivity index (χ2n) is 10.8. The molecule has 0 bridgehead atoms. The summed E-state index contributed by atoms with van der Waals surface area (Å²) < 4.78 is 22.1. The monoisotopic (exact) mass is 607 g/mol. The van der Waals surface area contributed by atoms with Gasteiger partial charge in [0, 0.05) is 55.4 Å². The summed E-state index contributed by atoms with van der Waals surface area (Å²) in [5.74, 6) is 1.48. The third-order valence-electron chi connectivity index (χ3n) is 8.40. The lowest BCUT2D eigenvalue weighted by Crippen LogP contribution is -2.54. The van der Waals surface area contributed by atoms with Gasteiger partial charge < -0.3 is 33.6 Å². The largest absolute Gasteiger partial charge is 0.497 e. The maximum Gasteiger partial charge on any atom is 0.228 e. The first-order chi connectivity index (χ1) is 20.8. The maximum absolute atomic E-state index is 14.3. The molecule has 0 unspecified atom stereocenters. The Labute approximate surface area is 257 Å². The number of rotatable bonds is 8. The molecule has 2 atom stereocenters. The second kappa shape index (κ2) is 13.0. The van der Waals surface area contributed by atoms with Crippen molar-refractivity contribution in [2.75, 3.05) is 64.4 Å². The van der Waals surface area contributed by atoms with E-state index in [1.54, 1.807) is 24.1 Å². The van der Waals surface area contributed by atoms with Crippen molar-refractivity contribution in [3.05, 3.63) is 70.7 Å².